The first-order valence-electron chi connectivity index (χ1n) is 4.70. The zero-order valence-corrected chi connectivity index (χ0v) is 8.96. The summed E-state index contributed by atoms with van der Waals surface area (Å²) in [6, 6.07) is 0. The number of nitrogens with one attached hydrogen (secondary N) is 1. The molecular weight excluding hydrogens is 174 g/mol. The molecule has 76 valence electrons. The van der Waals surface area contributed by atoms with Crippen molar-refractivity contribution in [2.45, 2.75) is 26.7 Å². The van der Waals surface area contributed by atoms with E-state index in [0.717, 1.165) is 5.56 Å². The van der Waals surface area contributed by atoms with Gasteiger partial charge in [0.2, 0.25) is 0 Å². The molecule has 0 aliphatic carbocycles. The average molecular weight is 191 g/mol. The van der Waals surface area contributed by atoms with Gasteiger partial charge in [0.05, 0.1) is 0 Å². The predicted molar refractivity (Wildman–Crippen MR) is 60.5 cm³/mol. The van der Waals surface area contributed by atoms with E-state index in [1.807, 2.05) is 13.1 Å². The van der Waals surface area contributed by atoms with Crippen LogP contribution in [-0.2, 0) is 0 Å². The molecule has 0 amide bonds. The largest absolute Gasteiger partial charge is 0.383 e. The highest BCUT2D eigenvalue weighted by Crippen LogP contribution is 2.20. The second-order valence-corrected chi connectivity index (χ2v) is 3.59. The number of hydrogen-bond acceptors (Lipinski definition) is 1. The molecule has 14 heavy (non-hydrogen) atoms. The van der Waals surface area contributed by atoms with Crippen LogP contribution in [0.15, 0.2) is 24.0 Å². The minimum absolute atomic E-state index is 0.472. The highest BCUT2D eigenvalue weighted by Gasteiger charge is 2.11. The van der Waals surface area contributed by atoms with E-state index in [-0.39, 0.29) is 0 Å². The molecule has 3 heteroatoms. The van der Waals surface area contributed by atoms with Crippen LogP contribution in [0, 0.1) is 6.92 Å². The normalized spacial score (nSPS) is 12.1. The van der Waals surface area contributed by atoms with Crippen LogP contribution >= 0.6 is 0 Å². The van der Waals surface area contributed by atoms with Crippen molar-refractivity contribution in [1.82, 2.24) is 4.98 Å². The maximum Gasteiger partial charge on any atom is 0.132 e. The lowest BCUT2D eigenvalue weighted by molar-refractivity contribution is 0.824. The lowest BCUT2D eigenvalue weighted by Gasteiger charge is -2.04. The van der Waals surface area contributed by atoms with E-state index in [1.165, 1.54) is 17.5 Å². The van der Waals surface area contributed by atoms with Gasteiger partial charge in [-0.25, -0.2) is 4.99 Å². The third-order valence-corrected chi connectivity index (χ3v) is 2.26. The number of rotatable bonds is 3. The quantitative estimate of drug-likeness (QED) is 0.559. The molecule has 1 heterocycles. The van der Waals surface area contributed by atoms with Crippen molar-refractivity contribution in [2.24, 2.45) is 10.7 Å². The summed E-state index contributed by atoms with van der Waals surface area (Å²) in [5.41, 5.74) is 9.12. The summed E-state index contributed by atoms with van der Waals surface area (Å²) in [6.45, 7) is 9.85. The van der Waals surface area contributed by atoms with Crippen molar-refractivity contribution in [3.8, 4) is 0 Å². The topological polar surface area (TPSA) is 54.2 Å². The number of aliphatic imine (C=N–C) groups is 1. The van der Waals surface area contributed by atoms with Gasteiger partial charge < -0.3 is 10.7 Å². The van der Waals surface area contributed by atoms with Crippen molar-refractivity contribution in [2.75, 3.05) is 0 Å². The van der Waals surface area contributed by atoms with Crippen LogP contribution in [0.5, 0.6) is 0 Å². The Morgan fingerprint density at radius 3 is 2.71 bits per heavy atom. The number of nitrogens with two attached hydrogens (primary N) is 1. The SMILES string of the molecule is C=C/N=C(/N)c1c[nH]c(C(C)C)c1C. The number of hydrogen-bond donors (Lipinski definition) is 2. The maximum absolute atomic E-state index is 5.78. The van der Waals surface area contributed by atoms with Crippen LogP contribution in [0.25, 0.3) is 0 Å². The van der Waals surface area contributed by atoms with E-state index in [4.69, 9.17) is 5.73 Å². The minimum atomic E-state index is 0.472. The van der Waals surface area contributed by atoms with E-state index in [1.54, 1.807) is 0 Å². The van der Waals surface area contributed by atoms with Crippen molar-refractivity contribution < 1.29 is 0 Å². The molecule has 0 radical (unpaired) electrons. The molecule has 0 saturated heterocycles. The Bertz CT molecular complexity index is 359. The van der Waals surface area contributed by atoms with Crippen molar-refractivity contribution in [3.63, 3.8) is 0 Å². The minimum Gasteiger partial charge on any atom is -0.383 e. The molecule has 0 saturated carbocycles. The van der Waals surface area contributed by atoms with Gasteiger partial charge in [-0.15, -0.1) is 0 Å². The number of amidine groups is 1. The molecule has 0 aromatic carbocycles. The molecule has 3 nitrogen and oxygen atoms in total. The molecule has 0 unspecified atom stereocenters. The van der Waals surface area contributed by atoms with E-state index in [2.05, 4.69) is 30.4 Å². The number of aromatic nitrogens is 1. The molecule has 1 rings (SSSR count). The molecule has 0 spiro atoms. The zero-order valence-electron chi connectivity index (χ0n) is 8.96. The predicted octanol–water partition coefficient (Wildman–Crippen LogP) is 2.30. The molecule has 0 aliphatic rings. The first-order valence-corrected chi connectivity index (χ1v) is 4.70. The lowest BCUT2D eigenvalue weighted by atomic mass is 10.0. The fraction of sp³-hybridized carbons (Fsp3) is 0.364. The Balaban J connectivity index is 3.13. The summed E-state index contributed by atoms with van der Waals surface area (Å²) in [7, 11) is 0. The standard InChI is InChI=1S/C11H17N3/c1-5-13-11(12)9-6-14-10(7(2)3)8(9)4/h5-7,14H,1H2,2-4H3,(H2,12,13). The second-order valence-electron chi connectivity index (χ2n) is 3.59. The number of H-pyrrole nitrogens is 1. The second kappa shape index (κ2) is 4.13. The molecule has 0 atom stereocenters. The van der Waals surface area contributed by atoms with Crippen LogP contribution in [0.4, 0.5) is 0 Å². The van der Waals surface area contributed by atoms with Crippen molar-refractivity contribution in [1.29, 1.82) is 0 Å². The third-order valence-electron chi connectivity index (χ3n) is 2.26. The van der Waals surface area contributed by atoms with Gasteiger partial charge in [0.1, 0.15) is 5.84 Å². The Morgan fingerprint density at radius 1 is 1.64 bits per heavy atom. The maximum atomic E-state index is 5.78. The van der Waals surface area contributed by atoms with Crippen LogP contribution in [0.2, 0.25) is 0 Å². The summed E-state index contributed by atoms with van der Waals surface area (Å²) in [5.74, 6) is 0.987. The van der Waals surface area contributed by atoms with Gasteiger partial charge in [0.25, 0.3) is 0 Å². The molecule has 1 aromatic heterocycles. The molecule has 0 bridgehead atoms. The molecule has 1 aromatic rings. The Kier molecular flexibility index (Phi) is 3.12. The van der Waals surface area contributed by atoms with E-state index < -0.39 is 0 Å². The van der Waals surface area contributed by atoms with E-state index in [0.29, 0.717) is 11.8 Å². The summed E-state index contributed by atoms with van der Waals surface area (Å²) >= 11 is 0. The van der Waals surface area contributed by atoms with Crippen LogP contribution in [-0.4, -0.2) is 10.8 Å². The average Bonchev–Trinajstić information content (AvgIpc) is 2.47. The summed E-state index contributed by atoms with van der Waals surface area (Å²) in [5, 5.41) is 0. The first-order chi connectivity index (χ1) is 6.57. The van der Waals surface area contributed by atoms with Crippen molar-refractivity contribution in [3.05, 3.63) is 35.8 Å². The van der Waals surface area contributed by atoms with E-state index in [9.17, 15) is 0 Å². The Morgan fingerprint density at radius 2 is 2.29 bits per heavy atom. The van der Waals surface area contributed by atoms with Crippen LogP contribution in [0.3, 0.4) is 0 Å². The Hall–Kier alpha value is -1.51. The lowest BCUT2D eigenvalue weighted by Crippen LogP contribution is -2.13. The van der Waals surface area contributed by atoms with E-state index >= 15 is 0 Å². The van der Waals surface area contributed by atoms with Crippen LogP contribution < -0.4 is 5.73 Å². The van der Waals surface area contributed by atoms with Gasteiger partial charge >= 0.3 is 0 Å². The first kappa shape index (κ1) is 10.6. The van der Waals surface area contributed by atoms with Crippen molar-refractivity contribution >= 4 is 5.84 Å². The van der Waals surface area contributed by atoms with Gasteiger partial charge in [0, 0.05) is 23.7 Å². The number of nitrogens with zero attached hydrogens (tertiary/aromatic N) is 1. The number of aromatic amines is 1. The van der Waals surface area contributed by atoms with Gasteiger partial charge in [-0.2, -0.15) is 0 Å². The highest BCUT2D eigenvalue weighted by molar-refractivity contribution is 5.99. The fourth-order valence-corrected chi connectivity index (χ4v) is 1.55. The highest BCUT2D eigenvalue weighted by atomic mass is 14.8. The van der Waals surface area contributed by atoms with Gasteiger partial charge in [0.15, 0.2) is 0 Å². The van der Waals surface area contributed by atoms with Gasteiger partial charge in [-0.3, -0.25) is 0 Å². The van der Waals surface area contributed by atoms with Crippen LogP contribution in [0.1, 0.15) is 36.6 Å². The molecule has 0 fully saturated rings. The summed E-state index contributed by atoms with van der Waals surface area (Å²) < 4.78 is 0. The van der Waals surface area contributed by atoms with Gasteiger partial charge in [-0.05, 0) is 18.4 Å². The molecular formula is C11H17N3. The summed E-state index contributed by atoms with van der Waals surface area (Å²) in [4.78, 5) is 7.18. The summed E-state index contributed by atoms with van der Waals surface area (Å²) in [6.07, 6.45) is 3.35. The van der Waals surface area contributed by atoms with Gasteiger partial charge in [-0.1, -0.05) is 20.4 Å². The fourth-order valence-electron chi connectivity index (χ4n) is 1.55. The monoisotopic (exact) mass is 191 g/mol. The zero-order chi connectivity index (χ0) is 10.7. The Labute approximate surface area is 84.7 Å². The third kappa shape index (κ3) is 1.87. The smallest absolute Gasteiger partial charge is 0.132 e. The molecule has 3 N–H and O–H groups in total. The molecule has 0 aliphatic heterocycles.